The summed E-state index contributed by atoms with van der Waals surface area (Å²) in [7, 11) is 4.32. The number of hydrogen-bond acceptors (Lipinski definition) is 2. The SMILES string of the molecule is CN1CCC(c2nc3c[c]ccc3n2C)CC1. The molecule has 0 bridgehead atoms. The Balaban J connectivity index is 1.97. The highest BCUT2D eigenvalue weighted by molar-refractivity contribution is 5.75. The van der Waals surface area contributed by atoms with Crippen molar-refractivity contribution in [2.45, 2.75) is 18.8 Å². The molecule has 0 spiro atoms. The number of imidazole rings is 1. The summed E-state index contributed by atoms with van der Waals surface area (Å²) in [4.78, 5) is 7.17. The van der Waals surface area contributed by atoms with E-state index in [1.165, 1.54) is 37.3 Å². The summed E-state index contributed by atoms with van der Waals surface area (Å²) in [5.74, 6) is 1.86. The summed E-state index contributed by atoms with van der Waals surface area (Å²) >= 11 is 0. The molecule has 1 aromatic heterocycles. The van der Waals surface area contributed by atoms with Crippen molar-refractivity contribution in [3.63, 3.8) is 0 Å². The highest BCUT2D eigenvalue weighted by Gasteiger charge is 2.22. The van der Waals surface area contributed by atoms with Crippen LogP contribution < -0.4 is 0 Å². The van der Waals surface area contributed by atoms with Gasteiger partial charge in [-0.05, 0) is 51.2 Å². The lowest BCUT2D eigenvalue weighted by Gasteiger charge is -2.28. The molecule has 1 aromatic carbocycles. The summed E-state index contributed by atoms with van der Waals surface area (Å²) < 4.78 is 2.25. The summed E-state index contributed by atoms with van der Waals surface area (Å²) in [5.41, 5.74) is 2.29. The first-order valence-corrected chi connectivity index (χ1v) is 6.26. The minimum atomic E-state index is 0.614. The van der Waals surface area contributed by atoms with E-state index >= 15 is 0 Å². The molecule has 0 amide bonds. The quantitative estimate of drug-likeness (QED) is 0.746. The lowest BCUT2D eigenvalue weighted by molar-refractivity contribution is 0.250. The van der Waals surface area contributed by atoms with Gasteiger partial charge in [-0.3, -0.25) is 0 Å². The van der Waals surface area contributed by atoms with Crippen molar-refractivity contribution in [1.29, 1.82) is 0 Å². The summed E-state index contributed by atoms with van der Waals surface area (Å²) in [5, 5.41) is 0. The van der Waals surface area contributed by atoms with Gasteiger partial charge < -0.3 is 9.47 Å². The molecule has 0 saturated carbocycles. The maximum Gasteiger partial charge on any atom is 0.112 e. The van der Waals surface area contributed by atoms with Crippen molar-refractivity contribution in [2.75, 3.05) is 20.1 Å². The highest BCUT2D eigenvalue weighted by Crippen LogP contribution is 2.28. The van der Waals surface area contributed by atoms with Crippen LogP contribution in [0.25, 0.3) is 11.0 Å². The molecule has 1 aliphatic heterocycles. The molecular formula is C14H18N3. The number of piperidine rings is 1. The van der Waals surface area contributed by atoms with Crippen LogP contribution in [0.5, 0.6) is 0 Å². The van der Waals surface area contributed by atoms with Crippen LogP contribution in [0.1, 0.15) is 24.6 Å². The smallest absolute Gasteiger partial charge is 0.112 e. The first kappa shape index (κ1) is 10.8. The second-order valence-electron chi connectivity index (χ2n) is 5.02. The fourth-order valence-electron chi connectivity index (χ4n) is 2.74. The zero-order valence-corrected chi connectivity index (χ0v) is 10.5. The number of aromatic nitrogens is 2. The van der Waals surface area contributed by atoms with Crippen LogP contribution in [0, 0.1) is 6.07 Å². The predicted octanol–water partition coefficient (Wildman–Crippen LogP) is 2.18. The van der Waals surface area contributed by atoms with Crippen LogP contribution in [0.15, 0.2) is 18.2 Å². The molecule has 1 radical (unpaired) electrons. The number of benzene rings is 1. The number of nitrogens with zero attached hydrogens (tertiary/aromatic N) is 3. The van der Waals surface area contributed by atoms with Crippen LogP contribution in [-0.4, -0.2) is 34.6 Å². The molecular weight excluding hydrogens is 210 g/mol. The van der Waals surface area contributed by atoms with Crippen molar-refractivity contribution in [2.24, 2.45) is 7.05 Å². The van der Waals surface area contributed by atoms with Crippen molar-refractivity contribution < 1.29 is 0 Å². The normalized spacial score (nSPS) is 18.9. The zero-order valence-electron chi connectivity index (χ0n) is 10.5. The maximum absolute atomic E-state index is 4.77. The summed E-state index contributed by atoms with van der Waals surface area (Å²) in [6, 6.07) is 9.14. The monoisotopic (exact) mass is 228 g/mol. The fraction of sp³-hybridized carbons (Fsp3) is 0.500. The second kappa shape index (κ2) is 4.15. The van der Waals surface area contributed by atoms with E-state index in [1.54, 1.807) is 0 Å². The third-order valence-corrected chi connectivity index (χ3v) is 3.84. The van der Waals surface area contributed by atoms with Crippen LogP contribution in [-0.2, 0) is 7.05 Å². The Hall–Kier alpha value is -1.35. The van der Waals surface area contributed by atoms with Gasteiger partial charge in [-0.25, -0.2) is 4.98 Å². The van der Waals surface area contributed by atoms with Crippen molar-refractivity contribution >= 4 is 11.0 Å². The first-order chi connectivity index (χ1) is 8.25. The number of fused-ring (bicyclic) bond motifs is 1. The van der Waals surface area contributed by atoms with Gasteiger partial charge in [-0.15, -0.1) is 0 Å². The molecule has 3 rings (SSSR count). The molecule has 2 heterocycles. The Morgan fingerprint density at radius 2 is 2.06 bits per heavy atom. The van der Waals surface area contributed by atoms with Gasteiger partial charge in [0.15, 0.2) is 0 Å². The van der Waals surface area contributed by atoms with E-state index in [2.05, 4.69) is 35.7 Å². The average molecular weight is 228 g/mol. The number of likely N-dealkylation sites (tertiary alicyclic amines) is 1. The second-order valence-corrected chi connectivity index (χ2v) is 5.02. The molecule has 1 fully saturated rings. The summed E-state index contributed by atoms with van der Waals surface area (Å²) in [6.07, 6.45) is 2.44. The third-order valence-electron chi connectivity index (χ3n) is 3.84. The van der Waals surface area contributed by atoms with Crippen LogP contribution in [0.2, 0.25) is 0 Å². The molecule has 0 unspecified atom stereocenters. The van der Waals surface area contributed by atoms with Gasteiger partial charge in [-0.2, -0.15) is 0 Å². The predicted molar refractivity (Wildman–Crippen MR) is 69.0 cm³/mol. The Morgan fingerprint density at radius 3 is 2.76 bits per heavy atom. The molecule has 89 valence electrons. The highest BCUT2D eigenvalue weighted by atomic mass is 15.1. The standard InChI is InChI=1S/C14H18N3/c1-16-9-7-11(8-10-16)14-15-12-5-3-4-6-13(12)17(14)2/h4-6,11H,7-10H2,1-2H3. The zero-order chi connectivity index (χ0) is 11.8. The molecule has 3 nitrogen and oxygen atoms in total. The van der Waals surface area contributed by atoms with E-state index in [0.717, 1.165) is 5.52 Å². The van der Waals surface area contributed by atoms with Gasteiger partial charge in [0.25, 0.3) is 0 Å². The molecule has 17 heavy (non-hydrogen) atoms. The van der Waals surface area contributed by atoms with Gasteiger partial charge in [-0.1, -0.05) is 6.07 Å². The molecule has 2 aromatic rings. The first-order valence-electron chi connectivity index (χ1n) is 6.26. The maximum atomic E-state index is 4.77. The topological polar surface area (TPSA) is 21.1 Å². The summed E-state index contributed by atoms with van der Waals surface area (Å²) in [6.45, 7) is 2.36. The molecule has 0 atom stereocenters. The molecule has 1 aliphatic rings. The molecule has 0 aliphatic carbocycles. The van der Waals surface area contributed by atoms with E-state index in [9.17, 15) is 0 Å². The van der Waals surface area contributed by atoms with Gasteiger partial charge >= 0.3 is 0 Å². The van der Waals surface area contributed by atoms with E-state index in [4.69, 9.17) is 4.98 Å². The van der Waals surface area contributed by atoms with E-state index < -0.39 is 0 Å². The van der Waals surface area contributed by atoms with Crippen LogP contribution >= 0.6 is 0 Å². The number of rotatable bonds is 1. The Morgan fingerprint density at radius 1 is 1.29 bits per heavy atom. The average Bonchev–Trinajstić information content (AvgIpc) is 2.69. The van der Waals surface area contributed by atoms with Crippen molar-refractivity contribution in [3.05, 3.63) is 30.1 Å². The largest absolute Gasteiger partial charge is 0.331 e. The Bertz CT molecular complexity index is 521. The van der Waals surface area contributed by atoms with Crippen LogP contribution in [0.3, 0.4) is 0 Å². The minimum absolute atomic E-state index is 0.614. The van der Waals surface area contributed by atoms with E-state index in [0.29, 0.717) is 5.92 Å². The molecule has 3 heteroatoms. The van der Waals surface area contributed by atoms with E-state index in [1.807, 2.05) is 12.1 Å². The lowest BCUT2D eigenvalue weighted by Crippen LogP contribution is -2.30. The fourth-order valence-corrected chi connectivity index (χ4v) is 2.74. The third kappa shape index (κ3) is 1.84. The van der Waals surface area contributed by atoms with Gasteiger partial charge in [0, 0.05) is 13.0 Å². The van der Waals surface area contributed by atoms with Gasteiger partial charge in [0.2, 0.25) is 0 Å². The van der Waals surface area contributed by atoms with Crippen molar-refractivity contribution in [1.82, 2.24) is 14.5 Å². The Kier molecular flexibility index (Phi) is 2.63. The van der Waals surface area contributed by atoms with E-state index in [-0.39, 0.29) is 0 Å². The lowest BCUT2D eigenvalue weighted by atomic mass is 9.96. The molecule has 0 N–H and O–H groups in total. The number of hydrogen-bond donors (Lipinski definition) is 0. The minimum Gasteiger partial charge on any atom is -0.331 e. The molecule has 1 saturated heterocycles. The number of aryl methyl sites for hydroxylation is 1. The van der Waals surface area contributed by atoms with Gasteiger partial charge in [0.1, 0.15) is 5.82 Å². The van der Waals surface area contributed by atoms with Crippen LogP contribution in [0.4, 0.5) is 0 Å². The van der Waals surface area contributed by atoms with Crippen molar-refractivity contribution in [3.8, 4) is 0 Å². The van der Waals surface area contributed by atoms with Gasteiger partial charge in [0.05, 0.1) is 11.0 Å². The Labute approximate surface area is 102 Å².